The molecule has 3 N–H and O–H groups in total. The molecule has 0 saturated heterocycles. The third-order valence-corrected chi connectivity index (χ3v) is 2.43. The fourth-order valence-corrected chi connectivity index (χ4v) is 1.53. The average molecular weight is 225 g/mol. The lowest BCUT2D eigenvalue weighted by Crippen LogP contribution is -2.39. The van der Waals surface area contributed by atoms with Gasteiger partial charge in [-0.15, -0.1) is 0 Å². The highest BCUT2D eigenvalue weighted by Crippen LogP contribution is 2.37. The lowest BCUT2D eigenvalue weighted by Gasteiger charge is -2.27. The van der Waals surface area contributed by atoms with Crippen LogP contribution in [0, 0.1) is 0 Å². The Morgan fingerprint density at radius 2 is 1.88 bits per heavy atom. The van der Waals surface area contributed by atoms with Crippen molar-refractivity contribution < 1.29 is 14.6 Å². The molecule has 0 aromatic heterocycles. The van der Waals surface area contributed by atoms with E-state index in [1.54, 1.807) is 39.2 Å². The lowest BCUT2D eigenvalue weighted by molar-refractivity contribution is 0.101. The van der Waals surface area contributed by atoms with Crippen molar-refractivity contribution in [2.45, 2.75) is 25.5 Å². The van der Waals surface area contributed by atoms with Crippen LogP contribution < -0.4 is 15.2 Å². The molecule has 0 amide bonds. The maximum Gasteiger partial charge on any atom is 0.166 e. The number of hydrogen-bond acceptors (Lipinski definition) is 4. The molecular formula is C12H19NO3. The van der Waals surface area contributed by atoms with Gasteiger partial charge in [-0.2, -0.15) is 0 Å². The zero-order chi connectivity index (χ0) is 12.3. The molecule has 0 aliphatic rings. The van der Waals surface area contributed by atoms with Gasteiger partial charge >= 0.3 is 0 Å². The number of benzene rings is 1. The number of hydrogen-bond donors (Lipinski definition) is 2. The molecular weight excluding hydrogens is 206 g/mol. The van der Waals surface area contributed by atoms with Crippen LogP contribution in [0.3, 0.4) is 0 Å². The van der Waals surface area contributed by atoms with Crippen LogP contribution in [0.2, 0.25) is 0 Å². The molecule has 4 heteroatoms. The molecule has 0 aliphatic carbocycles. The highest BCUT2D eigenvalue weighted by atomic mass is 16.5. The predicted octanol–water partition coefficient (Wildman–Crippen LogP) is 1.47. The number of nitrogens with two attached hydrogens (primary N) is 1. The number of ether oxygens (including phenoxy) is 2. The van der Waals surface area contributed by atoms with Crippen molar-refractivity contribution in [3.8, 4) is 11.5 Å². The van der Waals surface area contributed by atoms with Crippen LogP contribution in [-0.2, 0) is 0 Å². The van der Waals surface area contributed by atoms with Crippen molar-refractivity contribution in [3.05, 3.63) is 23.8 Å². The van der Waals surface area contributed by atoms with Crippen molar-refractivity contribution in [1.82, 2.24) is 0 Å². The molecule has 0 fully saturated rings. The van der Waals surface area contributed by atoms with Gasteiger partial charge in [0, 0.05) is 11.1 Å². The van der Waals surface area contributed by atoms with Gasteiger partial charge < -0.3 is 20.3 Å². The second kappa shape index (κ2) is 4.72. The highest BCUT2D eigenvalue weighted by molar-refractivity contribution is 5.48. The molecule has 16 heavy (non-hydrogen) atoms. The Hall–Kier alpha value is -1.26. The summed E-state index contributed by atoms with van der Waals surface area (Å²) >= 11 is 0. The molecule has 0 bridgehead atoms. The van der Waals surface area contributed by atoms with Gasteiger partial charge in [-0.3, -0.25) is 0 Å². The van der Waals surface area contributed by atoms with E-state index in [0.29, 0.717) is 17.1 Å². The summed E-state index contributed by atoms with van der Waals surface area (Å²) in [4.78, 5) is 0. The number of para-hydroxylation sites is 1. The monoisotopic (exact) mass is 225 g/mol. The number of methoxy groups -OCH3 is 2. The van der Waals surface area contributed by atoms with Gasteiger partial charge in [0.2, 0.25) is 0 Å². The van der Waals surface area contributed by atoms with E-state index < -0.39 is 11.6 Å². The summed E-state index contributed by atoms with van der Waals surface area (Å²) in [7, 11) is 3.10. The molecule has 90 valence electrons. The van der Waals surface area contributed by atoms with Gasteiger partial charge in [-0.25, -0.2) is 0 Å². The van der Waals surface area contributed by atoms with Crippen LogP contribution in [0.15, 0.2) is 18.2 Å². The summed E-state index contributed by atoms with van der Waals surface area (Å²) in [5.41, 5.74) is 5.78. The first-order valence-electron chi connectivity index (χ1n) is 5.09. The largest absolute Gasteiger partial charge is 0.493 e. The minimum atomic E-state index is -0.808. The first-order valence-corrected chi connectivity index (χ1v) is 5.09. The minimum Gasteiger partial charge on any atom is -0.493 e. The van der Waals surface area contributed by atoms with Crippen molar-refractivity contribution >= 4 is 0 Å². The smallest absolute Gasteiger partial charge is 0.166 e. The zero-order valence-corrected chi connectivity index (χ0v) is 10.2. The van der Waals surface area contributed by atoms with E-state index in [2.05, 4.69) is 0 Å². The second-order valence-electron chi connectivity index (χ2n) is 4.31. The topological polar surface area (TPSA) is 64.7 Å². The van der Waals surface area contributed by atoms with Gasteiger partial charge in [0.25, 0.3) is 0 Å². The molecule has 0 saturated carbocycles. The summed E-state index contributed by atoms with van der Waals surface area (Å²) in [5, 5.41) is 10.1. The van der Waals surface area contributed by atoms with Gasteiger partial charge in [-0.1, -0.05) is 12.1 Å². The van der Waals surface area contributed by atoms with Gasteiger partial charge in [0.1, 0.15) is 6.10 Å². The second-order valence-corrected chi connectivity index (χ2v) is 4.31. The van der Waals surface area contributed by atoms with Crippen molar-refractivity contribution in [2.24, 2.45) is 5.73 Å². The molecule has 1 aromatic rings. The third-order valence-electron chi connectivity index (χ3n) is 2.43. The van der Waals surface area contributed by atoms with E-state index in [4.69, 9.17) is 15.2 Å². The first-order chi connectivity index (χ1) is 7.41. The summed E-state index contributed by atoms with van der Waals surface area (Å²) in [5.74, 6) is 1.11. The van der Waals surface area contributed by atoms with Crippen molar-refractivity contribution in [2.75, 3.05) is 14.2 Å². The quantitative estimate of drug-likeness (QED) is 0.814. The van der Waals surface area contributed by atoms with E-state index in [9.17, 15) is 5.11 Å². The van der Waals surface area contributed by atoms with E-state index in [1.165, 1.54) is 7.11 Å². The first kappa shape index (κ1) is 12.8. The maximum absolute atomic E-state index is 10.1. The fraction of sp³-hybridized carbons (Fsp3) is 0.500. The van der Waals surface area contributed by atoms with E-state index in [1.807, 2.05) is 0 Å². The van der Waals surface area contributed by atoms with Crippen LogP contribution >= 0.6 is 0 Å². The standard InChI is InChI=1S/C12H19NO3/c1-12(2,13)11(14)8-6-5-7-9(15-3)10(8)16-4/h5-7,11,14H,13H2,1-4H3. The van der Waals surface area contributed by atoms with E-state index >= 15 is 0 Å². The van der Waals surface area contributed by atoms with Crippen LogP contribution in [0.25, 0.3) is 0 Å². The summed E-state index contributed by atoms with van der Waals surface area (Å²) < 4.78 is 10.4. The Bertz CT molecular complexity index is 358. The predicted molar refractivity (Wildman–Crippen MR) is 62.8 cm³/mol. The molecule has 0 heterocycles. The van der Waals surface area contributed by atoms with Gasteiger partial charge in [0.05, 0.1) is 14.2 Å². The Morgan fingerprint density at radius 3 is 2.31 bits per heavy atom. The molecule has 0 radical (unpaired) electrons. The highest BCUT2D eigenvalue weighted by Gasteiger charge is 2.28. The fourth-order valence-electron chi connectivity index (χ4n) is 1.53. The number of aliphatic hydroxyl groups excluding tert-OH is 1. The Kier molecular flexibility index (Phi) is 3.78. The van der Waals surface area contributed by atoms with E-state index in [0.717, 1.165) is 0 Å². The lowest BCUT2D eigenvalue weighted by atomic mass is 9.91. The SMILES string of the molecule is COc1cccc(C(O)C(C)(C)N)c1OC. The molecule has 1 rings (SSSR count). The Balaban J connectivity index is 3.23. The average Bonchev–Trinajstić information content (AvgIpc) is 2.25. The zero-order valence-electron chi connectivity index (χ0n) is 10.2. The number of rotatable bonds is 4. The molecule has 0 spiro atoms. The van der Waals surface area contributed by atoms with Crippen LogP contribution in [0.1, 0.15) is 25.5 Å². The molecule has 1 unspecified atom stereocenters. The summed E-state index contributed by atoms with van der Waals surface area (Å²) in [6.45, 7) is 3.52. The van der Waals surface area contributed by atoms with Gasteiger partial charge in [-0.05, 0) is 19.9 Å². The maximum atomic E-state index is 10.1. The summed E-state index contributed by atoms with van der Waals surface area (Å²) in [6, 6.07) is 5.35. The van der Waals surface area contributed by atoms with Crippen LogP contribution in [-0.4, -0.2) is 24.9 Å². The normalized spacial score (nSPS) is 13.4. The molecule has 0 aliphatic heterocycles. The Labute approximate surface area is 96.0 Å². The third kappa shape index (κ3) is 2.46. The van der Waals surface area contributed by atoms with Gasteiger partial charge in [0.15, 0.2) is 11.5 Å². The molecule has 1 aromatic carbocycles. The number of aliphatic hydroxyl groups is 1. The molecule has 4 nitrogen and oxygen atoms in total. The Morgan fingerprint density at radius 1 is 1.25 bits per heavy atom. The van der Waals surface area contributed by atoms with Crippen molar-refractivity contribution in [1.29, 1.82) is 0 Å². The minimum absolute atomic E-state index is 0.524. The van der Waals surface area contributed by atoms with Crippen LogP contribution in [0.5, 0.6) is 11.5 Å². The molecule has 1 atom stereocenters. The van der Waals surface area contributed by atoms with Crippen LogP contribution in [0.4, 0.5) is 0 Å². The van der Waals surface area contributed by atoms with E-state index in [-0.39, 0.29) is 0 Å². The summed E-state index contributed by atoms with van der Waals surface area (Å²) in [6.07, 6.45) is -0.808. The van der Waals surface area contributed by atoms with Crippen molar-refractivity contribution in [3.63, 3.8) is 0 Å².